The summed E-state index contributed by atoms with van der Waals surface area (Å²) in [6.07, 6.45) is -5.37. The van der Waals surface area contributed by atoms with Crippen LogP contribution in [0.3, 0.4) is 0 Å². The number of aromatic nitrogens is 1. The van der Waals surface area contributed by atoms with Crippen molar-refractivity contribution in [2.75, 3.05) is 0 Å². The van der Waals surface area contributed by atoms with Crippen molar-refractivity contribution in [3.05, 3.63) is 28.2 Å². The molecule has 0 saturated carbocycles. The second kappa shape index (κ2) is 4.10. The molecule has 90 valence electrons. The normalized spacial score (nSPS) is 12.8. The quantitative estimate of drug-likeness (QED) is 0.830. The van der Waals surface area contributed by atoms with E-state index in [0.717, 1.165) is 6.20 Å². The van der Waals surface area contributed by atoms with Gasteiger partial charge in [-0.2, -0.15) is 13.2 Å². The van der Waals surface area contributed by atoms with Crippen LogP contribution in [0.5, 0.6) is 0 Å². The molecule has 1 rings (SSSR count). The average Bonchev–Trinajstić information content (AvgIpc) is 2.04. The number of rotatable bonds is 2. The zero-order valence-corrected chi connectivity index (χ0v) is 9.08. The first-order chi connectivity index (χ1) is 7.09. The summed E-state index contributed by atoms with van der Waals surface area (Å²) in [4.78, 5) is 12.3. The molecule has 0 atom stereocenters. The van der Waals surface area contributed by atoms with E-state index in [4.69, 9.17) is 10.7 Å². The summed E-state index contributed by atoms with van der Waals surface area (Å²) >= 11 is 0. The molecule has 1 aromatic heterocycles. The van der Waals surface area contributed by atoms with E-state index in [1.807, 2.05) is 4.98 Å². The molecule has 1 heterocycles. The lowest BCUT2D eigenvalue weighted by atomic mass is 10.2. The topological polar surface area (TPSA) is 67.0 Å². The highest BCUT2D eigenvalue weighted by molar-refractivity contribution is 8.13. The Morgan fingerprint density at radius 2 is 1.94 bits per heavy atom. The van der Waals surface area contributed by atoms with Crippen molar-refractivity contribution in [1.29, 1.82) is 0 Å². The molecular formula is C7H5ClF3NO3S. The monoisotopic (exact) mass is 275 g/mol. The fraction of sp³-hybridized carbons (Fsp3) is 0.286. The van der Waals surface area contributed by atoms with E-state index in [1.165, 1.54) is 0 Å². The number of alkyl halides is 3. The molecule has 16 heavy (non-hydrogen) atoms. The lowest BCUT2D eigenvalue weighted by Gasteiger charge is -2.05. The number of halogens is 4. The summed E-state index contributed by atoms with van der Waals surface area (Å²) in [6, 6.07) is 0.606. The number of aromatic amines is 1. The molecule has 0 radical (unpaired) electrons. The standard InChI is InChI=1S/C7H5ClF3NO3S/c8-16(14,15)5-1-4(2-7(9,10)11)6(13)12-3-5/h1,3H,2H2,(H,12,13). The highest BCUT2D eigenvalue weighted by Gasteiger charge is 2.29. The van der Waals surface area contributed by atoms with Crippen LogP contribution in [0, 0.1) is 0 Å². The van der Waals surface area contributed by atoms with E-state index in [0.29, 0.717) is 6.07 Å². The van der Waals surface area contributed by atoms with Crippen LogP contribution in [0.25, 0.3) is 0 Å². The van der Waals surface area contributed by atoms with Gasteiger partial charge in [0.15, 0.2) is 0 Å². The van der Waals surface area contributed by atoms with Gasteiger partial charge in [0.2, 0.25) is 0 Å². The number of H-pyrrole nitrogens is 1. The number of pyridine rings is 1. The molecule has 0 aliphatic rings. The smallest absolute Gasteiger partial charge is 0.328 e. The predicted octanol–water partition coefficient (Wildman–Crippen LogP) is 1.41. The maximum Gasteiger partial charge on any atom is 0.393 e. The average molecular weight is 276 g/mol. The van der Waals surface area contributed by atoms with E-state index in [2.05, 4.69) is 0 Å². The summed E-state index contributed by atoms with van der Waals surface area (Å²) in [5.74, 6) is 0. The maximum atomic E-state index is 12.0. The summed E-state index contributed by atoms with van der Waals surface area (Å²) in [5, 5.41) is 0. The Balaban J connectivity index is 3.26. The van der Waals surface area contributed by atoms with Crippen LogP contribution in [0.1, 0.15) is 5.56 Å². The molecule has 0 bridgehead atoms. The Morgan fingerprint density at radius 1 is 1.38 bits per heavy atom. The lowest BCUT2D eigenvalue weighted by molar-refractivity contribution is -0.127. The summed E-state index contributed by atoms with van der Waals surface area (Å²) in [6.45, 7) is 0. The summed E-state index contributed by atoms with van der Waals surface area (Å²) in [7, 11) is 0.760. The highest BCUT2D eigenvalue weighted by atomic mass is 35.7. The SMILES string of the molecule is O=c1[nH]cc(S(=O)(=O)Cl)cc1CC(F)(F)F. The third kappa shape index (κ3) is 3.53. The largest absolute Gasteiger partial charge is 0.393 e. The Kier molecular flexibility index (Phi) is 3.34. The van der Waals surface area contributed by atoms with Crippen molar-refractivity contribution in [2.45, 2.75) is 17.5 Å². The van der Waals surface area contributed by atoms with Crippen LogP contribution in [-0.2, 0) is 15.5 Å². The predicted molar refractivity (Wildman–Crippen MR) is 49.9 cm³/mol. The van der Waals surface area contributed by atoms with E-state index < -0.39 is 37.7 Å². The van der Waals surface area contributed by atoms with Crippen molar-refractivity contribution < 1.29 is 21.6 Å². The summed E-state index contributed by atoms with van der Waals surface area (Å²) < 4.78 is 57.7. The number of hydrogen-bond acceptors (Lipinski definition) is 3. The van der Waals surface area contributed by atoms with Gasteiger partial charge in [-0.1, -0.05) is 0 Å². The van der Waals surface area contributed by atoms with Crippen molar-refractivity contribution in [1.82, 2.24) is 4.98 Å². The lowest BCUT2D eigenvalue weighted by Crippen LogP contribution is -2.21. The van der Waals surface area contributed by atoms with Gasteiger partial charge in [-0.05, 0) is 6.07 Å². The molecule has 0 aliphatic heterocycles. The molecule has 0 unspecified atom stereocenters. The molecule has 9 heteroatoms. The zero-order chi connectivity index (χ0) is 12.6. The van der Waals surface area contributed by atoms with Gasteiger partial charge in [0, 0.05) is 22.4 Å². The maximum absolute atomic E-state index is 12.0. The first-order valence-corrected chi connectivity index (χ1v) is 6.13. The molecule has 0 fully saturated rings. The number of nitrogens with one attached hydrogen (secondary N) is 1. The Morgan fingerprint density at radius 3 is 2.38 bits per heavy atom. The molecule has 4 nitrogen and oxygen atoms in total. The van der Waals surface area contributed by atoms with Crippen LogP contribution in [-0.4, -0.2) is 19.6 Å². The molecule has 0 aromatic carbocycles. The van der Waals surface area contributed by atoms with Gasteiger partial charge in [0.05, 0.1) is 11.3 Å². The fourth-order valence-electron chi connectivity index (χ4n) is 0.996. The van der Waals surface area contributed by atoms with Gasteiger partial charge in [0.1, 0.15) is 0 Å². The minimum absolute atomic E-state index is 0.576. The molecule has 0 saturated heterocycles. The molecular weight excluding hydrogens is 271 g/mol. The molecule has 0 spiro atoms. The Hall–Kier alpha value is -1.02. The second-order valence-corrected chi connectivity index (χ2v) is 5.49. The first-order valence-electron chi connectivity index (χ1n) is 3.82. The molecule has 1 aromatic rings. The van der Waals surface area contributed by atoms with Crippen molar-refractivity contribution in [2.24, 2.45) is 0 Å². The van der Waals surface area contributed by atoms with Gasteiger partial charge < -0.3 is 4.98 Å². The van der Waals surface area contributed by atoms with Crippen LogP contribution in [0.15, 0.2) is 22.0 Å². The molecule has 0 aliphatic carbocycles. The van der Waals surface area contributed by atoms with Gasteiger partial charge in [-0.25, -0.2) is 8.42 Å². The van der Waals surface area contributed by atoms with Gasteiger partial charge >= 0.3 is 6.18 Å². The second-order valence-electron chi connectivity index (χ2n) is 2.92. The van der Waals surface area contributed by atoms with E-state index >= 15 is 0 Å². The van der Waals surface area contributed by atoms with E-state index in [9.17, 15) is 26.4 Å². The molecule has 0 amide bonds. The third-order valence-electron chi connectivity index (χ3n) is 1.63. The minimum atomic E-state index is -4.60. The van der Waals surface area contributed by atoms with Gasteiger partial charge in [-0.15, -0.1) is 0 Å². The number of hydrogen-bond donors (Lipinski definition) is 1. The Bertz CT molecular complexity index is 549. The summed E-state index contributed by atoms with van der Waals surface area (Å²) in [5.41, 5.74) is -1.70. The Labute approximate surface area is 92.5 Å². The zero-order valence-electron chi connectivity index (χ0n) is 7.51. The van der Waals surface area contributed by atoms with Crippen LogP contribution in [0.4, 0.5) is 13.2 Å². The van der Waals surface area contributed by atoms with Crippen molar-refractivity contribution in [3.63, 3.8) is 0 Å². The van der Waals surface area contributed by atoms with Crippen LogP contribution >= 0.6 is 10.7 Å². The van der Waals surface area contributed by atoms with Gasteiger partial charge in [0.25, 0.3) is 14.6 Å². The molecule has 1 N–H and O–H groups in total. The minimum Gasteiger partial charge on any atom is -0.328 e. The van der Waals surface area contributed by atoms with Crippen LogP contribution < -0.4 is 5.56 Å². The van der Waals surface area contributed by atoms with Crippen LogP contribution in [0.2, 0.25) is 0 Å². The van der Waals surface area contributed by atoms with Crippen molar-refractivity contribution >= 4 is 19.7 Å². The first kappa shape index (κ1) is 13.0. The van der Waals surface area contributed by atoms with E-state index in [-0.39, 0.29) is 0 Å². The third-order valence-corrected chi connectivity index (χ3v) is 2.96. The van der Waals surface area contributed by atoms with Crippen molar-refractivity contribution in [3.8, 4) is 0 Å². The van der Waals surface area contributed by atoms with E-state index in [1.54, 1.807) is 0 Å². The fourth-order valence-corrected chi connectivity index (χ4v) is 1.75. The van der Waals surface area contributed by atoms with Gasteiger partial charge in [-0.3, -0.25) is 4.79 Å². The highest BCUT2D eigenvalue weighted by Crippen LogP contribution is 2.21.